The number of allylic oxidation sites excluding steroid dienone is 1. The maximum Gasteiger partial charge on any atom is 0.203 e. The standard InChI is InChI=1S/C19H28N2O5/c1-20(2)6-5-16(22)15-13-17(23-3)19(18(14-15)24-4)26-12-9-21-7-10-25-11-8-21/h5-6,13-14H,7-12H2,1-4H3. The number of hydrogen-bond donors (Lipinski definition) is 0. The molecule has 1 aliphatic heterocycles. The van der Waals surface area contributed by atoms with Crippen molar-refractivity contribution in [2.24, 2.45) is 0 Å². The normalized spacial score (nSPS) is 15.1. The molecule has 1 aromatic rings. The van der Waals surface area contributed by atoms with Crippen molar-refractivity contribution >= 4 is 5.78 Å². The summed E-state index contributed by atoms with van der Waals surface area (Å²) in [6, 6.07) is 3.35. The van der Waals surface area contributed by atoms with Gasteiger partial charge in [-0.25, -0.2) is 0 Å². The van der Waals surface area contributed by atoms with Gasteiger partial charge in [-0.1, -0.05) is 0 Å². The van der Waals surface area contributed by atoms with Crippen LogP contribution in [0.4, 0.5) is 0 Å². The van der Waals surface area contributed by atoms with E-state index in [2.05, 4.69) is 4.90 Å². The first-order valence-electron chi connectivity index (χ1n) is 8.63. The zero-order valence-corrected chi connectivity index (χ0v) is 16.0. The van der Waals surface area contributed by atoms with Crippen LogP contribution in [-0.4, -0.2) is 83.4 Å². The van der Waals surface area contributed by atoms with Crippen molar-refractivity contribution in [2.75, 3.05) is 67.8 Å². The minimum Gasteiger partial charge on any atom is -0.493 e. The summed E-state index contributed by atoms with van der Waals surface area (Å²) in [6.45, 7) is 4.61. The predicted molar refractivity (Wildman–Crippen MR) is 99.5 cm³/mol. The van der Waals surface area contributed by atoms with Gasteiger partial charge in [0.2, 0.25) is 5.75 Å². The molecule has 1 heterocycles. The smallest absolute Gasteiger partial charge is 0.203 e. The second kappa shape index (κ2) is 10.0. The van der Waals surface area contributed by atoms with Crippen LogP contribution in [-0.2, 0) is 4.74 Å². The Morgan fingerprint density at radius 1 is 1.19 bits per heavy atom. The first-order chi connectivity index (χ1) is 12.5. The Bertz CT molecular complexity index is 599. The van der Waals surface area contributed by atoms with Gasteiger partial charge in [0.25, 0.3) is 0 Å². The van der Waals surface area contributed by atoms with E-state index < -0.39 is 0 Å². The van der Waals surface area contributed by atoms with E-state index in [0.717, 1.165) is 32.8 Å². The third kappa shape index (κ3) is 5.64. The molecule has 144 valence electrons. The number of hydrogen-bond acceptors (Lipinski definition) is 7. The van der Waals surface area contributed by atoms with Crippen LogP contribution in [0.15, 0.2) is 24.4 Å². The number of rotatable bonds is 9. The Labute approximate surface area is 155 Å². The molecule has 0 aliphatic carbocycles. The Hall–Kier alpha value is -2.25. The highest BCUT2D eigenvalue weighted by molar-refractivity contribution is 6.05. The molecule has 26 heavy (non-hydrogen) atoms. The number of benzene rings is 1. The zero-order chi connectivity index (χ0) is 18.9. The van der Waals surface area contributed by atoms with E-state index in [9.17, 15) is 4.79 Å². The Balaban J connectivity index is 2.10. The van der Waals surface area contributed by atoms with Crippen molar-refractivity contribution in [3.05, 3.63) is 30.0 Å². The van der Waals surface area contributed by atoms with E-state index in [4.69, 9.17) is 18.9 Å². The molecule has 0 bridgehead atoms. The van der Waals surface area contributed by atoms with Gasteiger partial charge >= 0.3 is 0 Å². The molecule has 0 aromatic heterocycles. The highest BCUT2D eigenvalue weighted by Crippen LogP contribution is 2.38. The van der Waals surface area contributed by atoms with Gasteiger partial charge in [-0.3, -0.25) is 9.69 Å². The SMILES string of the molecule is COc1cc(C(=O)C=CN(C)C)cc(OC)c1OCCN1CCOCC1. The van der Waals surface area contributed by atoms with Crippen molar-refractivity contribution in [3.8, 4) is 17.2 Å². The lowest BCUT2D eigenvalue weighted by atomic mass is 10.1. The maximum absolute atomic E-state index is 12.3. The fraction of sp³-hybridized carbons (Fsp3) is 0.526. The minimum atomic E-state index is -0.129. The van der Waals surface area contributed by atoms with E-state index in [-0.39, 0.29) is 5.78 Å². The Morgan fingerprint density at radius 2 is 1.81 bits per heavy atom. The van der Waals surface area contributed by atoms with E-state index in [1.807, 2.05) is 14.1 Å². The zero-order valence-electron chi connectivity index (χ0n) is 16.0. The van der Waals surface area contributed by atoms with E-state index in [1.54, 1.807) is 37.5 Å². The molecule has 7 heteroatoms. The summed E-state index contributed by atoms with van der Waals surface area (Å²) in [6.07, 6.45) is 3.21. The lowest BCUT2D eigenvalue weighted by Crippen LogP contribution is -2.38. The number of methoxy groups -OCH3 is 2. The average molecular weight is 364 g/mol. The fourth-order valence-corrected chi connectivity index (χ4v) is 2.58. The molecule has 2 rings (SSSR count). The molecule has 0 atom stereocenters. The second-order valence-corrected chi connectivity index (χ2v) is 6.16. The molecule has 1 aromatic carbocycles. The van der Waals surface area contributed by atoms with Crippen LogP contribution in [0, 0.1) is 0 Å². The number of morpholine rings is 1. The van der Waals surface area contributed by atoms with Gasteiger partial charge in [-0.15, -0.1) is 0 Å². The minimum absolute atomic E-state index is 0.129. The molecule has 0 unspecified atom stereocenters. The van der Waals surface area contributed by atoms with Gasteiger partial charge in [-0.2, -0.15) is 0 Å². The van der Waals surface area contributed by atoms with Crippen molar-refractivity contribution in [1.29, 1.82) is 0 Å². The van der Waals surface area contributed by atoms with Crippen molar-refractivity contribution in [2.45, 2.75) is 0 Å². The van der Waals surface area contributed by atoms with E-state index >= 15 is 0 Å². The molecule has 0 saturated carbocycles. The van der Waals surface area contributed by atoms with Crippen molar-refractivity contribution in [1.82, 2.24) is 9.80 Å². The fourth-order valence-electron chi connectivity index (χ4n) is 2.58. The first kappa shape index (κ1) is 20.1. The van der Waals surface area contributed by atoms with Crippen molar-refractivity contribution in [3.63, 3.8) is 0 Å². The summed E-state index contributed by atoms with van der Waals surface area (Å²) in [5, 5.41) is 0. The molecule has 7 nitrogen and oxygen atoms in total. The van der Waals surface area contributed by atoms with E-state index in [1.165, 1.54) is 6.08 Å². The number of carbonyl (C=O) groups excluding carboxylic acids is 1. The van der Waals surface area contributed by atoms with Gasteiger partial charge in [0.05, 0.1) is 27.4 Å². The monoisotopic (exact) mass is 364 g/mol. The number of nitrogens with zero attached hydrogens (tertiary/aromatic N) is 2. The first-order valence-corrected chi connectivity index (χ1v) is 8.63. The second-order valence-electron chi connectivity index (χ2n) is 6.16. The average Bonchev–Trinajstić information content (AvgIpc) is 2.66. The van der Waals surface area contributed by atoms with Gasteiger partial charge in [-0.05, 0) is 12.1 Å². The quantitative estimate of drug-likeness (QED) is 0.488. The summed E-state index contributed by atoms with van der Waals surface area (Å²) in [5.41, 5.74) is 0.484. The molecule has 0 amide bonds. The van der Waals surface area contributed by atoms with E-state index in [0.29, 0.717) is 29.4 Å². The van der Waals surface area contributed by atoms with Crippen LogP contribution in [0.3, 0.4) is 0 Å². The largest absolute Gasteiger partial charge is 0.493 e. The van der Waals surface area contributed by atoms with Crippen LogP contribution in [0.2, 0.25) is 0 Å². The summed E-state index contributed by atoms with van der Waals surface area (Å²) in [5.74, 6) is 1.34. The molecule has 0 radical (unpaired) electrons. The van der Waals surface area contributed by atoms with Crippen molar-refractivity contribution < 1.29 is 23.7 Å². The lowest BCUT2D eigenvalue weighted by molar-refractivity contribution is 0.0319. The van der Waals surface area contributed by atoms with Crippen LogP contribution < -0.4 is 14.2 Å². The Morgan fingerprint density at radius 3 is 2.35 bits per heavy atom. The molecular formula is C19H28N2O5. The molecule has 1 fully saturated rings. The number of ether oxygens (including phenoxy) is 4. The Kier molecular flexibility index (Phi) is 7.74. The maximum atomic E-state index is 12.3. The van der Waals surface area contributed by atoms with Crippen LogP contribution in [0.25, 0.3) is 0 Å². The van der Waals surface area contributed by atoms with Crippen LogP contribution >= 0.6 is 0 Å². The van der Waals surface area contributed by atoms with Gasteiger partial charge in [0.15, 0.2) is 17.3 Å². The topological polar surface area (TPSA) is 60.5 Å². The van der Waals surface area contributed by atoms with Crippen LogP contribution in [0.5, 0.6) is 17.2 Å². The number of ketones is 1. The van der Waals surface area contributed by atoms with Crippen LogP contribution in [0.1, 0.15) is 10.4 Å². The highest BCUT2D eigenvalue weighted by atomic mass is 16.5. The lowest BCUT2D eigenvalue weighted by Gasteiger charge is -2.26. The highest BCUT2D eigenvalue weighted by Gasteiger charge is 2.18. The summed E-state index contributed by atoms with van der Waals surface area (Å²) in [4.78, 5) is 16.4. The van der Waals surface area contributed by atoms with Gasteiger partial charge < -0.3 is 23.8 Å². The number of carbonyl (C=O) groups is 1. The summed E-state index contributed by atoms with van der Waals surface area (Å²) < 4.78 is 22.1. The third-order valence-electron chi connectivity index (χ3n) is 4.03. The molecule has 0 N–H and O–H groups in total. The summed E-state index contributed by atoms with van der Waals surface area (Å²) >= 11 is 0. The molecule has 0 spiro atoms. The molecular weight excluding hydrogens is 336 g/mol. The molecule has 1 aliphatic rings. The third-order valence-corrected chi connectivity index (χ3v) is 4.03. The van der Waals surface area contributed by atoms with Gasteiger partial charge in [0, 0.05) is 51.6 Å². The van der Waals surface area contributed by atoms with Gasteiger partial charge in [0.1, 0.15) is 6.61 Å². The predicted octanol–water partition coefficient (Wildman–Crippen LogP) is 1.67. The summed E-state index contributed by atoms with van der Waals surface area (Å²) in [7, 11) is 6.81. The molecule has 1 saturated heterocycles.